The van der Waals surface area contributed by atoms with Crippen molar-refractivity contribution >= 4 is 16.9 Å². The number of nitriles is 1. The molecule has 4 rings (SSSR count). The molecule has 1 atom stereocenters. The minimum Gasteiger partial charge on any atom is -0.353 e. The lowest BCUT2D eigenvalue weighted by Crippen LogP contribution is -2.22. The maximum atomic E-state index is 8.91. The van der Waals surface area contributed by atoms with Gasteiger partial charge in [0.05, 0.1) is 22.6 Å². The van der Waals surface area contributed by atoms with Crippen LogP contribution in [-0.4, -0.2) is 21.6 Å². The van der Waals surface area contributed by atoms with Crippen molar-refractivity contribution in [2.24, 2.45) is 0 Å². The van der Waals surface area contributed by atoms with Gasteiger partial charge in [0.15, 0.2) is 0 Å². The second-order valence-corrected chi connectivity index (χ2v) is 6.50. The first-order valence-corrected chi connectivity index (χ1v) is 8.79. The van der Waals surface area contributed by atoms with Crippen LogP contribution in [-0.2, 0) is 0 Å². The van der Waals surface area contributed by atoms with E-state index in [2.05, 4.69) is 62.8 Å². The van der Waals surface area contributed by atoms with Crippen molar-refractivity contribution in [3.8, 4) is 11.8 Å². The van der Waals surface area contributed by atoms with Gasteiger partial charge in [-0.2, -0.15) is 5.26 Å². The van der Waals surface area contributed by atoms with E-state index in [0.29, 0.717) is 5.56 Å². The largest absolute Gasteiger partial charge is 0.353 e. The minimum absolute atomic E-state index is 0.152. The Kier molecular flexibility index (Phi) is 4.31. The molecule has 2 aromatic heterocycles. The molecule has 0 saturated heterocycles. The molecular weight excluding hydrogens is 334 g/mol. The van der Waals surface area contributed by atoms with Crippen LogP contribution in [0.4, 0.5) is 5.82 Å². The van der Waals surface area contributed by atoms with Crippen LogP contribution < -0.4 is 4.90 Å². The van der Waals surface area contributed by atoms with Gasteiger partial charge in [-0.15, -0.1) is 0 Å². The van der Waals surface area contributed by atoms with Gasteiger partial charge in [0.1, 0.15) is 18.2 Å². The molecule has 0 radical (unpaired) electrons. The Hall–Kier alpha value is -3.65. The van der Waals surface area contributed by atoms with E-state index in [1.165, 1.54) is 5.56 Å². The molecule has 0 bridgehead atoms. The van der Waals surface area contributed by atoms with Crippen molar-refractivity contribution in [3.05, 3.63) is 84.3 Å². The van der Waals surface area contributed by atoms with E-state index in [1.807, 2.05) is 37.6 Å². The van der Waals surface area contributed by atoms with Crippen molar-refractivity contribution in [1.29, 1.82) is 5.26 Å². The van der Waals surface area contributed by atoms with Gasteiger partial charge in [-0.1, -0.05) is 24.3 Å². The number of aromatic nitrogens is 3. The van der Waals surface area contributed by atoms with Crippen molar-refractivity contribution in [2.75, 3.05) is 11.9 Å². The molecule has 2 heterocycles. The number of imidazole rings is 1. The molecule has 5 heteroatoms. The summed E-state index contributed by atoms with van der Waals surface area (Å²) in [7, 11) is 2.01. The lowest BCUT2D eigenvalue weighted by atomic mass is 10.1. The van der Waals surface area contributed by atoms with E-state index in [-0.39, 0.29) is 6.04 Å². The third kappa shape index (κ3) is 3.13. The topological polar surface area (TPSA) is 57.7 Å². The molecule has 0 aliphatic rings. The van der Waals surface area contributed by atoms with Crippen molar-refractivity contribution in [3.63, 3.8) is 0 Å². The summed E-state index contributed by atoms with van der Waals surface area (Å²) in [6.07, 6.45) is 3.46. The first-order chi connectivity index (χ1) is 13.2. The normalized spacial score (nSPS) is 11.9. The fourth-order valence-corrected chi connectivity index (χ4v) is 3.16. The molecular formula is C22H19N5. The summed E-state index contributed by atoms with van der Waals surface area (Å²) < 4.78 is 2.09. The van der Waals surface area contributed by atoms with Crippen molar-refractivity contribution in [1.82, 2.24) is 14.5 Å². The number of fused-ring (bicyclic) bond motifs is 1. The lowest BCUT2D eigenvalue weighted by molar-refractivity contribution is 0.728. The highest BCUT2D eigenvalue weighted by Crippen LogP contribution is 2.25. The molecule has 0 amide bonds. The van der Waals surface area contributed by atoms with Gasteiger partial charge in [-0.25, -0.2) is 9.97 Å². The number of hydrogen-bond acceptors (Lipinski definition) is 4. The van der Waals surface area contributed by atoms with E-state index < -0.39 is 0 Å². The highest BCUT2D eigenvalue weighted by molar-refractivity contribution is 5.77. The zero-order chi connectivity index (χ0) is 18.8. The van der Waals surface area contributed by atoms with Crippen LogP contribution in [0.5, 0.6) is 0 Å². The predicted molar refractivity (Wildman–Crippen MR) is 107 cm³/mol. The Morgan fingerprint density at radius 1 is 1.00 bits per heavy atom. The monoisotopic (exact) mass is 353 g/mol. The smallest absolute Gasteiger partial charge is 0.128 e. The predicted octanol–water partition coefficient (Wildman–Crippen LogP) is 4.49. The zero-order valence-electron chi connectivity index (χ0n) is 15.2. The molecule has 0 aliphatic heterocycles. The first-order valence-electron chi connectivity index (χ1n) is 8.79. The number of pyridine rings is 1. The summed E-state index contributed by atoms with van der Waals surface area (Å²) in [4.78, 5) is 10.9. The summed E-state index contributed by atoms with van der Waals surface area (Å²) in [5.74, 6) is 0.839. The minimum atomic E-state index is 0.152. The van der Waals surface area contributed by atoms with Crippen LogP contribution >= 0.6 is 0 Å². The third-order valence-electron chi connectivity index (χ3n) is 4.93. The Labute approximate surface area is 158 Å². The van der Waals surface area contributed by atoms with Gasteiger partial charge < -0.3 is 4.90 Å². The van der Waals surface area contributed by atoms with E-state index in [0.717, 1.165) is 22.5 Å². The maximum Gasteiger partial charge on any atom is 0.128 e. The number of anilines is 1. The van der Waals surface area contributed by atoms with E-state index in [4.69, 9.17) is 5.26 Å². The van der Waals surface area contributed by atoms with E-state index in [9.17, 15) is 0 Å². The van der Waals surface area contributed by atoms with Gasteiger partial charge in [0.2, 0.25) is 0 Å². The molecule has 5 nitrogen and oxygen atoms in total. The third-order valence-corrected chi connectivity index (χ3v) is 4.93. The van der Waals surface area contributed by atoms with Gasteiger partial charge >= 0.3 is 0 Å². The number of benzene rings is 2. The number of para-hydroxylation sites is 2. The Morgan fingerprint density at radius 3 is 2.48 bits per heavy atom. The van der Waals surface area contributed by atoms with Crippen LogP contribution in [0, 0.1) is 11.3 Å². The standard InChI is InChI=1S/C22H19N5/c1-16(26(2)22-12-7-17(13-23)14-24-22)18-8-10-19(11-9-18)27-15-25-20-5-3-4-6-21(20)27/h3-12,14-16H,1-2H3. The second-order valence-electron chi connectivity index (χ2n) is 6.50. The van der Waals surface area contributed by atoms with Crippen LogP contribution in [0.1, 0.15) is 24.1 Å². The summed E-state index contributed by atoms with van der Waals surface area (Å²) in [6.45, 7) is 2.14. The fourth-order valence-electron chi connectivity index (χ4n) is 3.16. The zero-order valence-corrected chi connectivity index (χ0v) is 15.2. The first kappa shape index (κ1) is 16.8. The van der Waals surface area contributed by atoms with E-state index in [1.54, 1.807) is 12.3 Å². The summed E-state index contributed by atoms with van der Waals surface area (Å²) in [5, 5.41) is 8.91. The van der Waals surface area contributed by atoms with Crippen molar-refractivity contribution in [2.45, 2.75) is 13.0 Å². The molecule has 0 aliphatic carbocycles. The Morgan fingerprint density at radius 2 is 1.78 bits per heavy atom. The molecule has 0 spiro atoms. The van der Waals surface area contributed by atoms with Gasteiger partial charge in [0.25, 0.3) is 0 Å². The number of rotatable bonds is 4. The summed E-state index contributed by atoms with van der Waals surface area (Å²) in [6, 6.07) is 22.5. The van der Waals surface area contributed by atoms with Gasteiger partial charge in [-0.3, -0.25) is 4.57 Å². The van der Waals surface area contributed by atoms with Crippen molar-refractivity contribution < 1.29 is 0 Å². The molecule has 0 fully saturated rings. The molecule has 132 valence electrons. The van der Waals surface area contributed by atoms with Crippen LogP contribution in [0.15, 0.2) is 73.2 Å². The van der Waals surface area contributed by atoms with Crippen LogP contribution in [0.3, 0.4) is 0 Å². The molecule has 4 aromatic rings. The molecule has 2 aromatic carbocycles. The van der Waals surface area contributed by atoms with Crippen LogP contribution in [0.25, 0.3) is 16.7 Å². The molecule has 0 saturated carbocycles. The van der Waals surface area contributed by atoms with Crippen LogP contribution in [0.2, 0.25) is 0 Å². The fraction of sp³-hybridized carbons (Fsp3) is 0.136. The lowest BCUT2D eigenvalue weighted by Gasteiger charge is -2.26. The van der Waals surface area contributed by atoms with Gasteiger partial charge in [-0.05, 0) is 48.9 Å². The molecule has 27 heavy (non-hydrogen) atoms. The highest BCUT2D eigenvalue weighted by Gasteiger charge is 2.14. The number of hydrogen-bond donors (Lipinski definition) is 0. The highest BCUT2D eigenvalue weighted by atomic mass is 15.2. The molecule has 0 N–H and O–H groups in total. The molecule has 1 unspecified atom stereocenters. The SMILES string of the molecule is CC(c1ccc(-n2cnc3ccccc32)cc1)N(C)c1ccc(C#N)cn1. The average Bonchev–Trinajstić information content (AvgIpc) is 3.17. The second kappa shape index (κ2) is 6.93. The maximum absolute atomic E-state index is 8.91. The summed E-state index contributed by atoms with van der Waals surface area (Å²) >= 11 is 0. The summed E-state index contributed by atoms with van der Waals surface area (Å²) in [5.41, 5.74) is 4.92. The average molecular weight is 353 g/mol. The number of nitrogens with zero attached hydrogens (tertiary/aromatic N) is 5. The van der Waals surface area contributed by atoms with Gasteiger partial charge in [0, 0.05) is 18.9 Å². The van der Waals surface area contributed by atoms with E-state index >= 15 is 0 Å². The Balaban J connectivity index is 1.58. The quantitative estimate of drug-likeness (QED) is 0.542. The Bertz CT molecular complexity index is 1100.